The first kappa shape index (κ1) is 16.1. The van der Waals surface area contributed by atoms with E-state index in [1.54, 1.807) is 19.2 Å². The van der Waals surface area contributed by atoms with Gasteiger partial charge in [-0.3, -0.25) is 4.79 Å². The number of hydrogen-bond donors (Lipinski definition) is 2. The molecular formula is C13H18Cl2N2O2. The summed E-state index contributed by atoms with van der Waals surface area (Å²) in [5, 5.41) is 3.39. The molecule has 0 bridgehead atoms. The molecule has 1 unspecified atom stereocenters. The Morgan fingerprint density at radius 2 is 2.16 bits per heavy atom. The number of rotatable bonds is 6. The first-order valence-corrected chi connectivity index (χ1v) is 6.80. The Morgan fingerprint density at radius 1 is 1.47 bits per heavy atom. The molecule has 106 valence electrons. The second-order valence-electron chi connectivity index (χ2n) is 4.21. The van der Waals surface area contributed by atoms with E-state index in [9.17, 15) is 4.79 Å². The van der Waals surface area contributed by atoms with Gasteiger partial charge in [-0.1, -0.05) is 30.1 Å². The van der Waals surface area contributed by atoms with Crippen LogP contribution in [0.3, 0.4) is 0 Å². The summed E-state index contributed by atoms with van der Waals surface area (Å²) < 4.78 is 5.46. The van der Waals surface area contributed by atoms with Crippen molar-refractivity contribution in [1.82, 2.24) is 5.32 Å². The molecule has 1 aromatic rings. The monoisotopic (exact) mass is 304 g/mol. The number of halogens is 2. The van der Waals surface area contributed by atoms with Crippen molar-refractivity contribution >= 4 is 29.1 Å². The largest absolute Gasteiger partial charge is 0.482 e. The molecule has 0 aliphatic heterocycles. The average Bonchev–Trinajstić information content (AvgIpc) is 2.36. The lowest BCUT2D eigenvalue weighted by molar-refractivity contribution is -0.122. The van der Waals surface area contributed by atoms with Crippen molar-refractivity contribution in [3.05, 3.63) is 27.7 Å². The van der Waals surface area contributed by atoms with Crippen molar-refractivity contribution in [2.24, 2.45) is 5.73 Å². The number of hydrogen-bond acceptors (Lipinski definition) is 3. The summed E-state index contributed by atoms with van der Waals surface area (Å²) in [6.45, 7) is 1.91. The summed E-state index contributed by atoms with van der Waals surface area (Å²) >= 11 is 12.1. The van der Waals surface area contributed by atoms with E-state index in [0.29, 0.717) is 22.2 Å². The molecule has 0 saturated carbocycles. The molecule has 0 heterocycles. The Hall–Kier alpha value is -0.970. The normalized spacial score (nSPS) is 12.1. The highest BCUT2D eigenvalue weighted by molar-refractivity contribution is 6.35. The van der Waals surface area contributed by atoms with Crippen LogP contribution in [-0.4, -0.2) is 25.6 Å². The van der Waals surface area contributed by atoms with Gasteiger partial charge >= 0.3 is 0 Å². The Morgan fingerprint density at radius 3 is 2.74 bits per heavy atom. The molecule has 4 nitrogen and oxygen atoms in total. The molecule has 1 atom stereocenters. The van der Waals surface area contributed by atoms with Crippen molar-refractivity contribution < 1.29 is 9.53 Å². The Balaban J connectivity index is 2.95. The SMILES string of the molecule is CCC(N)Cc1cc(Cl)cc(Cl)c1OCC(=O)NC. The molecule has 0 fully saturated rings. The minimum atomic E-state index is -0.225. The van der Waals surface area contributed by atoms with Crippen LogP contribution in [0.2, 0.25) is 10.0 Å². The molecule has 1 amide bonds. The van der Waals surface area contributed by atoms with E-state index in [4.69, 9.17) is 33.7 Å². The molecule has 19 heavy (non-hydrogen) atoms. The smallest absolute Gasteiger partial charge is 0.257 e. The lowest BCUT2D eigenvalue weighted by Crippen LogP contribution is -2.26. The number of nitrogens with two attached hydrogens (primary N) is 1. The minimum Gasteiger partial charge on any atom is -0.482 e. The van der Waals surface area contributed by atoms with Crippen molar-refractivity contribution in [3.8, 4) is 5.75 Å². The van der Waals surface area contributed by atoms with Gasteiger partial charge in [-0.15, -0.1) is 0 Å². The number of likely N-dealkylation sites (N-methyl/N-ethyl adjacent to an activating group) is 1. The summed E-state index contributed by atoms with van der Waals surface area (Å²) in [4.78, 5) is 11.2. The molecule has 0 aromatic heterocycles. The molecule has 1 aromatic carbocycles. The maximum Gasteiger partial charge on any atom is 0.257 e. The predicted molar refractivity (Wildman–Crippen MR) is 78.0 cm³/mol. The zero-order chi connectivity index (χ0) is 14.4. The topological polar surface area (TPSA) is 64.3 Å². The average molecular weight is 305 g/mol. The fourth-order valence-electron chi connectivity index (χ4n) is 1.56. The van der Waals surface area contributed by atoms with Crippen LogP contribution in [0.1, 0.15) is 18.9 Å². The number of amides is 1. The highest BCUT2D eigenvalue weighted by Crippen LogP contribution is 2.33. The lowest BCUT2D eigenvalue weighted by Gasteiger charge is -2.16. The van der Waals surface area contributed by atoms with Gasteiger partial charge in [-0.05, 0) is 30.5 Å². The number of ether oxygens (including phenoxy) is 1. The van der Waals surface area contributed by atoms with Gasteiger partial charge in [-0.2, -0.15) is 0 Å². The van der Waals surface area contributed by atoms with E-state index < -0.39 is 0 Å². The number of carbonyl (C=O) groups is 1. The van der Waals surface area contributed by atoms with Crippen molar-refractivity contribution in [2.75, 3.05) is 13.7 Å². The summed E-state index contributed by atoms with van der Waals surface area (Å²) in [6, 6.07) is 3.35. The predicted octanol–water partition coefficient (Wildman–Crippen LogP) is 2.40. The number of nitrogens with one attached hydrogen (secondary N) is 1. The fourth-order valence-corrected chi connectivity index (χ4v) is 2.15. The van der Waals surface area contributed by atoms with E-state index in [1.807, 2.05) is 6.92 Å². The fraction of sp³-hybridized carbons (Fsp3) is 0.462. The van der Waals surface area contributed by atoms with Gasteiger partial charge in [0, 0.05) is 18.1 Å². The van der Waals surface area contributed by atoms with Gasteiger partial charge in [0.15, 0.2) is 6.61 Å². The van der Waals surface area contributed by atoms with Crippen molar-refractivity contribution in [1.29, 1.82) is 0 Å². The Bertz CT molecular complexity index is 453. The molecule has 0 saturated heterocycles. The Labute approximate surface area is 123 Å². The second kappa shape index (κ2) is 7.58. The summed E-state index contributed by atoms with van der Waals surface area (Å²) in [5.74, 6) is 0.246. The van der Waals surface area contributed by atoms with Crippen LogP contribution >= 0.6 is 23.2 Å². The van der Waals surface area contributed by atoms with Gasteiger partial charge < -0.3 is 15.8 Å². The van der Waals surface area contributed by atoms with Gasteiger partial charge in [-0.25, -0.2) is 0 Å². The third-order valence-corrected chi connectivity index (χ3v) is 3.22. The van der Waals surface area contributed by atoms with E-state index in [1.165, 1.54) is 0 Å². The first-order chi connectivity index (χ1) is 8.97. The zero-order valence-corrected chi connectivity index (χ0v) is 12.5. The van der Waals surface area contributed by atoms with Gasteiger partial charge in [0.1, 0.15) is 5.75 Å². The third kappa shape index (κ3) is 4.90. The van der Waals surface area contributed by atoms with Crippen molar-refractivity contribution in [2.45, 2.75) is 25.8 Å². The highest BCUT2D eigenvalue weighted by Gasteiger charge is 2.14. The van der Waals surface area contributed by atoms with Gasteiger partial charge in [0.05, 0.1) is 5.02 Å². The van der Waals surface area contributed by atoms with E-state index in [-0.39, 0.29) is 18.6 Å². The van der Waals surface area contributed by atoms with Crippen LogP contribution in [0.15, 0.2) is 12.1 Å². The quantitative estimate of drug-likeness (QED) is 0.848. The van der Waals surface area contributed by atoms with E-state index in [0.717, 1.165) is 12.0 Å². The number of benzene rings is 1. The molecule has 0 spiro atoms. The maximum absolute atomic E-state index is 11.2. The van der Waals surface area contributed by atoms with Crippen molar-refractivity contribution in [3.63, 3.8) is 0 Å². The first-order valence-electron chi connectivity index (χ1n) is 6.04. The van der Waals surface area contributed by atoms with E-state index >= 15 is 0 Å². The molecule has 1 rings (SSSR count). The van der Waals surface area contributed by atoms with Crippen LogP contribution in [0.5, 0.6) is 5.75 Å². The van der Waals surface area contributed by atoms with Gasteiger partial charge in [0.2, 0.25) is 0 Å². The van der Waals surface area contributed by atoms with Crippen LogP contribution in [0, 0.1) is 0 Å². The molecule has 6 heteroatoms. The highest BCUT2D eigenvalue weighted by atomic mass is 35.5. The second-order valence-corrected chi connectivity index (χ2v) is 5.05. The van der Waals surface area contributed by atoms with Crippen LogP contribution in [-0.2, 0) is 11.2 Å². The molecule has 3 N–H and O–H groups in total. The molecule has 0 aliphatic rings. The summed E-state index contributed by atoms with van der Waals surface area (Å²) in [6.07, 6.45) is 1.43. The van der Waals surface area contributed by atoms with Gasteiger partial charge in [0.25, 0.3) is 5.91 Å². The third-order valence-electron chi connectivity index (χ3n) is 2.72. The number of carbonyl (C=O) groups excluding carboxylic acids is 1. The lowest BCUT2D eigenvalue weighted by atomic mass is 10.0. The van der Waals surface area contributed by atoms with Crippen LogP contribution < -0.4 is 15.8 Å². The van der Waals surface area contributed by atoms with Crippen LogP contribution in [0.4, 0.5) is 0 Å². The van der Waals surface area contributed by atoms with Crippen LogP contribution in [0.25, 0.3) is 0 Å². The summed E-state index contributed by atoms with van der Waals surface area (Å²) in [5.41, 5.74) is 6.75. The van der Waals surface area contributed by atoms with E-state index in [2.05, 4.69) is 5.32 Å². The maximum atomic E-state index is 11.2. The minimum absolute atomic E-state index is 0.00288. The molecular weight excluding hydrogens is 287 g/mol. The Kier molecular flexibility index (Phi) is 6.42. The standard InChI is InChI=1S/C13H18Cl2N2O2/c1-3-10(16)5-8-4-9(14)6-11(15)13(8)19-7-12(18)17-2/h4,6,10H,3,5,7,16H2,1-2H3,(H,17,18). The zero-order valence-electron chi connectivity index (χ0n) is 11.0. The molecule has 0 aliphatic carbocycles. The summed E-state index contributed by atoms with van der Waals surface area (Å²) in [7, 11) is 1.54. The molecule has 0 radical (unpaired) electrons.